The van der Waals surface area contributed by atoms with Gasteiger partial charge in [-0.05, 0) is 19.1 Å². The maximum Gasteiger partial charge on any atom is 0.289 e. The molecule has 0 aliphatic carbocycles. The fourth-order valence-electron chi connectivity index (χ4n) is 3.34. The summed E-state index contributed by atoms with van der Waals surface area (Å²) >= 11 is 0. The second-order valence-electron chi connectivity index (χ2n) is 6.62. The molecular formula is C20H22N4O4. The summed E-state index contributed by atoms with van der Waals surface area (Å²) in [5.41, 5.74) is 1.43. The highest BCUT2D eigenvalue weighted by Gasteiger charge is 2.26. The number of anilines is 1. The van der Waals surface area contributed by atoms with Crippen LogP contribution >= 0.6 is 0 Å². The van der Waals surface area contributed by atoms with Gasteiger partial charge in [-0.2, -0.15) is 4.98 Å². The number of fused-ring (bicyclic) bond motifs is 1. The number of piperazine rings is 1. The number of nitrogens with zero attached hydrogens (tertiary/aromatic N) is 4. The first-order valence-corrected chi connectivity index (χ1v) is 9.09. The molecule has 1 amide bonds. The first kappa shape index (κ1) is 18.1. The van der Waals surface area contributed by atoms with Gasteiger partial charge in [0.2, 0.25) is 11.8 Å². The Labute approximate surface area is 162 Å². The topological polar surface area (TPSA) is 80.9 Å². The molecule has 8 heteroatoms. The van der Waals surface area contributed by atoms with Gasteiger partial charge >= 0.3 is 0 Å². The molecule has 0 atom stereocenters. The molecule has 3 aromatic rings. The number of carbonyl (C=O) groups is 1. The molecule has 28 heavy (non-hydrogen) atoms. The zero-order valence-electron chi connectivity index (χ0n) is 16.1. The molecule has 1 fully saturated rings. The van der Waals surface area contributed by atoms with Crippen LogP contribution in [-0.4, -0.2) is 61.2 Å². The van der Waals surface area contributed by atoms with E-state index in [0.29, 0.717) is 55.1 Å². The number of rotatable bonds is 4. The standard InChI is InChI=1S/C20H22N4O4/c1-13-11-17(27-3)22-20(21-13)24-9-7-23(8-10-24)19(25)16-12-14-5-4-6-15(26-2)18(14)28-16/h4-6,11-12H,7-10H2,1-3H3. The highest BCUT2D eigenvalue weighted by Crippen LogP contribution is 2.29. The largest absolute Gasteiger partial charge is 0.493 e. The summed E-state index contributed by atoms with van der Waals surface area (Å²) in [6, 6.07) is 9.15. The van der Waals surface area contributed by atoms with Crippen LogP contribution in [0.1, 0.15) is 16.2 Å². The van der Waals surface area contributed by atoms with E-state index in [2.05, 4.69) is 14.9 Å². The number of benzene rings is 1. The highest BCUT2D eigenvalue weighted by atomic mass is 16.5. The Morgan fingerprint density at radius 1 is 1.07 bits per heavy atom. The number of ether oxygens (including phenoxy) is 2. The molecule has 0 spiro atoms. The molecule has 0 bridgehead atoms. The maximum atomic E-state index is 12.9. The number of hydrogen-bond donors (Lipinski definition) is 0. The molecule has 0 unspecified atom stereocenters. The number of amides is 1. The second kappa shape index (κ2) is 7.38. The predicted molar refractivity (Wildman–Crippen MR) is 104 cm³/mol. The van der Waals surface area contributed by atoms with Crippen molar-refractivity contribution < 1.29 is 18.7 Å². The molecule has 1 aliphatic rings. The summed E-state index contributed by atoms with van der Waals surface area (Å²) in [7, 11) is 3.17. The van der Waals surface area contributed by atoms with Crippen molar-refractivity contribution in [3.8, 4) is 11.6 Å². The van der Waals surface area contributed by atoms with Crippen molar-refractivity contribution in [1.82, 2.24) is 14.9 Å². The first-order chi connectivity index (χ1) is 13.6. The van der Waals surface area contributed by atoms with E-state index in [9.17, 15) is 4.79 Å². The van der Waals surface area contributed by atoms with Gasteiger partial charge in [-0.15, -0.1) is 0 Å². The van der Waals surface area contributed by atoms with E-state index in [0.717, 1.165) is 11.1 Å². The molecule has 3 heterocycles. The quantitative estimate of drug-likeness (QED) is 0.686. The summed E-state index contributed by atoms with van der Waals surface area (Å²) in [5.74, 6) is 1.98. The molecule has 1 aromatic carbocycles. The van der Waals surface area contributed by atoms with Crippen molar-refractivity contribution in [3.05, 3.63) is 41.8 Å². The van der Waals surface area contributed by atoms with E-state index in [-0.39, 0.29) is 5.91 Å². The Hall–Kier alpha value is -3.29. The third-order valence-corrected chi connectivity index (χ3v) is 4.82. The van der Waals surface area contributed by atoms with Crippen molar-refractivity contribution >= 4 is 22.8 Å². The van der Waals surface area contributed by atoms with E-state index in [4.69, 9.17) is 13.9 Å². The minimum atomic E-state index is -0.124. The maximum absolute atomic E-state index is 12.9. The lowest BCUT2D eigenvalue weighted by Gasteiger charge is -2.34. The summed E-state index contributed by atoms with van der Waals surface area (Å²) in [5, 5.41) is 0.849. The molecule has 0 N–H and O–H groups in total. The molecular weight excluding hydrogens is 360 g/mol. The Kier molecular flexibility index (Phi) is 4.77. The molecule has 1 saturated heterocycles. The van der Waals surface area contributed by atoms with Crippen LogP contribution in [0, 0.1) is 6.92 Å². The lowest BCUT2D eigenvalue weighted by molar-refractivity contribution is 0.0716. The smallest absolute Gasteiger partial charge is 0.289 e. The zero-order valence-corrected chi connectivity index (χ0v) is 16.1. The van der Waals surface area contributed by atoms with Crippen LogP contribution in [0.15, 0.2) is 34.7 Å². The Balaban J connectivity index is 1.48. The number of para-hydroxylation sites is 1. The fraction of sp³-hybridized carbons (Fsp3) is 0.350. The average Bonchev–Trinajstić information content (AvgIpc) is 3.17. The lowest BCUT2D eigenvalue weighted by Crippen LogP contribution is -2.49. The van der Waals surface area contributed by atoms with Crippen molar-refractivity contribution in [1.29, 1.82) is 0 Å². The Bertz CT molecular complexity index is 1010. The predicted octanol–water partition coefficient (Wildman–Crippen LogP) is 2.51. The van der Waals surface area contributed by atoms with Crippen molar-refractivity contribution in [3.63, 3.8) is 0 Å². The summed E-state index contributed by atoms with van der Waals surface area (Å²) < 4.78 is 16.3. The van der Waals surface area contributed by atoms with Gasteiger partial charge in [0.1, 0.15) is 0 Å². The summed E-state index contributed by atoms with van der Waals surface area (Å²) in [4.78, 5) is 25.6. The Morgan fingerprint density at radius 3 is 2.57 bits per heavy atom. The first-order valence-electron chi connectivity index (χ1n) is 9.09. The van der Waals surface area contributed by atoms with Crippen LogP contribution in [0.5, 0.6) is 11.6 Å². The van der Waals surface area contributed by atoms with Crippen LogP contribution in [0.2, 0.25) is 0 Å². The van der Waals surface area contributed by atoms with Gasteiger partial charge in [0, 0.05) is 43.3 Å². The monoisotopic (exact) mass is 382 g/mol. The van der Waals surface area contributed by atoms with Gasteiger partial charge in [0.05, 0.1) is 14.2 Å². The SMILES string of the molecule is COc1cc(C)nc(N2CCN(C(=O)c3cc4cccc(OC)c4o3)CC2)n1. The zero-order chi connectivity index (χ0) is 19.7. The number of furan rings is 1. The van der Waals surface area contributed by atoms with Crippen LogP contribution in [-0.2, 0) is 0 Å². The minimum Gasteiger partial charge on any atom is -0.493 e. The molecule has 8 nitrogen and oxygen atoms in total. The number of aromatic nitrogens is 2. The second-order valence-corrected chi connectivity index (χ2v) is 6.62. The molecule has 1 aliphatic heterocycles. The average molecular weight is 382 g/mol. The van der Waals surface area contributed by atoms with Crippen LogP contribution < -0.4 is 14.4 Å². The van der Waals surface area contributed by atoms with E-state index in [1.54, 1.807) is 31.3 Å². The van der Waals surface area contributed by atoms with Crippen LogP contribution in [0.4, 0.5) is 5.95 Å². The van der Waals surface area contributed by atoms with Gasteiger partial charge < -0.3 is 23.7 Å². The van der Waals surface area contributed by atoms with E-state index >= 15 is 0 Å². The third kappa shape index (κ3) is 3.33. The molecule has 4 rings (SSSR count). The summed E-state index contributed by atoms with van der Waals surface area (Å²) in [6.07, 6.45) is 0. The van der Waals surface area contributed by atoms with Crippen molar-refractivity contribution in [2.24, 2.45) is 0 Å². The minimum absolute atomic E-state index is 0.124. The van der Waals surface area contributed by atoms with E-state index in [1.165, 1.54) is 0 Å². The lowest BCUT2D eigenvalue weighted by atomic mass is 10.2. The number of aryl methyl sites for hydroxylation is 1. The van der Waals surface area contributed by atoms with Crippen LogP contribution in [0.3, 0.4) is 0 Å². The van der Waals surface area contributed by atoms with E-state index in [1.807, 2.05) is 25.1 Å². The molecule has 2 aromatic heterocycles. The molecule has 146 valence electrons. The third-order valence-electron chi connectivity index (χ3n) is 4.82. The number of carbonyl (C=O) groups excluding carboxylic acids is 1. The van der Waals surface area contributed by atoms with Crippen molar-refractivity contribution in [2.75, 3.05) is 45.3 Å². The van der Waals surface area contributed by atoms with Gasteiger partial charge in [-0.25, -0.2) is 4.98 Å². The van der Waals surface area contributed by atoms with Gasteiger partial charge in [0.15, 0.2) is 17.1 Å². The molecule has 0 radical (unpaired) electrons. The normalized spacial score (nSPS) is 14.4. The Morgan fingerprint density at radius 2 is 1.86 bits per heavy atom. The number of methoxy groups -OCH3 is 2. The van der Waals surface area contributed by atoms with Crippen molar-refractivity contribution in [2.45, 2.75) is 6.92 Å². The highest BCUT2D eigenvalue weighted by molar-refractivity contribution is 5.97. The van der Waals surface area contributed by atoms with E-state index < -0.39 is 0 Å². The van der Waals surface area contributed by atoms with Gasteiger partial charge in [0.25, 0.3) is 5.91 Å². The van der Waals surface area contributed by atoms with Gasteiger partial charge in [-0.1, -0.05) is 12.1 Å². The summed E-state index contributed by atoms with van der Waals surface area (Å²) in [6.45, 7) is 4.31. The fourth-order valence-corrected chi connectivity index (χ4v) is 3.34. The van der Waals surface area contributed by atoms with Gasteiger partial charge in [-0.3, -0.25) is 4.79 Å². The molecule has 0 saturated carbocycles. The van der Waals surface area contributed by atoms with Crippen LogP contribution in [0.25, 0.3) is 11.0 Å². The number of hydrogen-bond acceptors (Lipinski definition) is 7.